The Morgan fingerprint density at radius 3 is 2.40 bits per heavy atom. The lowest BCUT2D eigenvalue weighted by Crippen LogP contribution is -2.15. The molecule has 2 rings (SSSR count). The SMILES string of the molecule is COc1ccc(/C=C/C(=O)Cc2ccccc2S(N)(=O)=O)cc1OC. The van der Waals surface area contributed by atoms with E-state index in [1.165, 1.54) is 19.3 Å². The highest BCUT2D eigenvalue weighted by Crippen LogP contribution is 2.28. The normalized spacial score (nSPS) is 11.5. The molecule has 0 radical (unpaired) electrons. The molecule has 0 aliphatic carbocycles. The molecule has 7 heteroatoms. The van der Waals surface area contributed by atoms with Gasteiger partial charge < -0.3 is 9.47 Å². The Hall–Kier alpha value is -2.64. The third-order valence-electron chi connectivity index (χ3n) is 3.51. The first-order chi connectivity index (χ1) is 11.8. The van der Waals surface area contributed by atoms with E-state index in [9.17, 15) is 13.2 Å². The minimum atomic E-state index is -3.87. The Labute approximate surface area is 146 Å². The zero-order valence-electron chi connectivity index (χ0n) is 13.9. The van der Waals surface area contributed by atoms with Crippen LogP contribution in [0.25, 0.3) is 6.08 Å². The molecule has 0 saturated carbocycles. The highest BCUT2D eigenvalue weighted by Gasteiger charge is 2.14. The van der Waals surface area contributed by atoms with E-state index in [4.69, 9.17) is 14.6 Å². The topological polar surface area (TPSA) is 95.7 Å². The summed E-state index contributed by atoms with van der Waals surface area (Å²) >= 11 is 0. The van der Waals surface area contributed by atoms with Crippen molar-refractivity contribution >= 4 is 21.9 Å². The van der Waals surface area contributed by atoms with E-state index in [-0.39, 0.29) is 17.1 Å². The molecule has 2 N–H and O–H groups in total. The Balaban J connectivity index is 2.17. The zero-order valence-corrected chi connectivity index (χ0v) is 14.7. The van der Waals surface area contributed by atoms with Crippen LogP contribution >= 0.6 is 0 Å². The molecule has 6 nitrogen and oxygen atoms in total. The molecular weight excluding hydrogens is 342 g/mol. The second-order valence-corrected chi connectivity index (χ2v) is 6.77. The first kappa shape index (κ1) is 18.7. The summed E-state index contributed by atoms with van der Waals surface area (Å²) in [5.41, 5.74) is 1.12. The first-order valence-corrected chi connectivity index (χ1v) is 8.93. The van der Waals surface area contributed by atoms with Crippen molar-refractivity contribution < 1.29 is 22.7 Å². The number of primary sulfonamides is 1. The number of nitrogens with two attached hydrogens (primary N) is 1. The van der Waals surface area contributed by atoms with Gasteiger partial charge in [0.25, 0.3) is 0 Å². The first-order valence-electron chi connectivity index (χ1n) is 7.39. The Morgan fingerprint density at radius 1 is 1.08 bits per heavy atom. The lowest BCUT2D eigenvalue weighted by atomic mass is 10.1. The summed E-state index contributed by atoms with van der Waals surface area (Å²) in [6, 6.07) is 11.4. The minimum Gasteiger partial charge on any atom is -0.493 e. The number of hydrogen-bond acceptors (Lipinski definition) is 5. The number of methoxy groups -OCH3 is 2. The van der Waals surface area contributed by atoms with Crippen molar-refractivity contribution in [1.29, 1.82) is 0 Å². The number of hydrogen-bond donors (Lipinski definition) is 1. The number of carbonyl (C=O) groups is 1. The molecule has 0 fully saturated rings. The number of allylic oxidation sites excluding steroid dienone is 1. The van der Waals surface area contributed by atoms with Crippen LogP contribution in [0.15, 0.2) is 53.4 Å². The van der Waals surface area contributed by atoms with E-state index < -0.39 is 10.0 Å². The molecule has 132 valence electrons. The van der Waals surface area contributed by atoms with Gasteiger partial charge in [-0.3, -0.25) is 4.79 Å². The number of benzene rings is 2. The number of ketones is 1. The Kier molecular flexibility index (Phi) is 5.95. The van der Waals surface area contributed by atoms with Crippen molar-refractivity contribution in [3.8, 4) is 11.5 Å². The highest BCUT2D eigenvalue weighted by atomic mass is 32.2. The summed E-state index contributed by atoms with van der Waals surface area (Å²) in [7, 11) is -0.800. The van der Waals surface area contributed by atoms with Gasteiger partial charge in [0.1, 0.15) is 0 Å². The maximum Gasteiger partial charge on any atom is 0.238 e. The molecule has 0 spiro atoms. The lowest BCUT2D eigenvalue weighted by Gasteiger charge is -2.07. The predicted molar refractivity (Wildman–Crippen MR) is 95.1 cm³/mol. The van der Waals surface area contributed by atoms with Crippen LogP contribution in [-0.2, 0) is 21.2 Å². The lowest BCUT2D eigenvalue weighted by molar-refractivity contribution is -0.114. The van der Waals surface area contributed by atoms with Crippen LogP contribution in [0.2, 0.25) is 0 Å². The fourth-order valence-corrected chi connectivity index (χ4v) is 3.09. The van der Waals surface area contributed by atoms with Crippen molar-refractivity contribution in [2.24, 2.45) is 5.14 Å². The van der Waals surface area contributed by atoms with Gasteiger partial charge >= 0.3 is 0 Å². The molecule has 0 saturated heterocycles. The van der Waals surface area contributed by atoms with Crippen molar-refractivity contribution in [3.05, 3.63) is 59.7 Å². The molecule has 0 bridgehead atoms. The number of ether oxygens (including phenoxy) is 2. The Morgan fingerprint density at radius 2 is 1.76 bits per heavy atom. The van der Waals surface area contributed by atoms with Crippen LogP contribution in [0.3, 0.4) is 0 Å². The van der Waals surface area contributed by atoms with Gasteiger partial charge in [0.2, 0.25) is 10.0 Å². The van der Waals surface area contributed by atoms with E-state index in [0.717, 1.165) is 5.56 Å². The molecule has 0 unspecified atom stereocenters. The Bertz CT molecular complexity index is 903. The average molecular weight is 361 g/mol. The molecule has 25 heavy (non-hydrogen) atoms. The third-order valence-corrected chi connectivity index (χ3v) is 4.52. The van der Waals surface area contributed by atoms with Gasteiger partial charge in [0, 0.05) is 6.42 Å². The van der Waals surface area contributed by atoms with Gasteiger partial charge in [-0.15, -0.1) is 0 Å². The van der Waals surface area contributed by atoms with Gasteiger partial charge in [-0.2, -0.15) is 0 Å². The fourth-order valence-electron chi connectivity index (χ4n) is 2.32. The van der Waals surface area contributed by atoms with E-state index >= 15 is 0 Å². The van der Waals surface area contributed by atoms with E-state index in [1.54, 1.807) is 49.6 Å². The molecule has 2 aromatic rings. The summed E-state index contributed by atoms with van der Waals surface area (Å²) in [4.78, 5) is 12.1. The van der Waals surface area contributed by atoms with E-state index in [2.05, 4.69) is 0 Å². The van der Waals surface area contributed by atoms with Crippen LogP contribution in [0, 0.1) is 0 Å². The monoisotopic (exact) mass is 361 g/mol. The number of sulfonamides is 1. The standard InChI is InChI=1S/C18H19NO5S/c1-23-16-10-8-13(11-17(16)24-2)7-9-15(20)12-14-5-3-4-6-18(14)25(19,21)22/h3-11H,12H2,1-2H3,(H2,19,21,22)/b9-7+. The summed E-state index contributed by atoms with van der Waals surface area (Å²) < 4.78 is 33.5. The number of carbonyl (C=O) groups excluding carboxylic acids is 1. The van der Waals surface area contributed by atoms with Gasteiger partial charge in [-0.1, -0.05) is 30.3 Å². The minimum absolute atomic E-state index is 0.0390. The second-order valence-electron chi connectivity index (χ2n) is 5.24. The average Bonchev–Trinajstić information content (AvgIpc) is 2.59. The largest absolute Gasteiger partial charge is 0.493 e. The predicted octanol–water partition coefficient (Wildman–Crippen LogP) is 2.18. The molecule has 0 aliphatic heterocycles. The van der Waals surface area contributed by atoms with Gasteiger partial charge in [-0.05, 0) is 35.4 Å². The number of rotatable bonds is 7. The molecule has 2 aromatic carbocycles. The van der Waals surface area contributed by atoms with Crippen molar-refractivity contribution in [3.63, 3.8) is 0 Å². The highest BCUT2D eigenvalue weighted by molar-refractivity contribution is 7.89. The fraction of sp³-hybridized carbons (Fsp3) is 0.167. The molecule has 0 aromatic heterocycles. The van der Waals surface area contributed by atoms with Crippen molar-refractivity contribution in [1.82, 2.24) is 0 Å². The zero-order chi connectivity index (χ0) is 18.4. The van der Waals surface area contributed by atoms with Gasteiger partial charge in [0.05, 0.1) is 19.1 Å². The molecule has 0 atom stereocenters. The third kappa shape index (κ3) is 4.91. The molecule has 0 aliphatic rings. The van der Waals surface area contributed by atoms with Crippen LogP contribution < -0.4 is 14.6 Å². The van der Waals surface area contributed by atoms with Gasteiger partial charge in [0.15, 0.2) is 17.3 Å². The second kappa shape index (κ2) is 7.96. The summed E-state index contributed by atoms with van der Waals surface area (Å²) in [6.45, 7) is 0. The maximum absolute atomic E-state index is 12.2. The van der Waals surface area contributed by atoms with Crippen LogP contribution in [-0.4, -0.2) is 28.4 Å². The van der Waals surface area contributed by atoms with Crippen LogP contribution in [0.5, 0.6) is 11.5 Å². The smallest absolute Gasteiger partial charge is 0.238 e. The summed E-state index contributed by atoms with van der Waals surface area (Å²) in [5.74, 6) is 0.899. The van der Waals surface area contributed by atoms with Crippen LogP contribution in [0.1, 0.15) is 11.1 Å². The molecule has 0 heterocycles. The van der Waals surface area contributed by atoms with Crippen molar-refractivity contribution in [2.75, 3.05) is 14.2 Å². The van der Waals surface area contributed by atoms with E-state index in [1.807, 2.05) is 0 Å². The van der Waals surface area contributed by atoms with Crippen LogP contribution in [0.4, 0.5) is 0 Å². The van der Waals surface area contributed by atoms with E-state index in [0.29, 0.717) is 17.1 Å². The molecule has 0 amide bonds. The quantitative estimate of drug-likeness (QED) is 0.763. The van der Waals surface area contributed by atoms with Gasteiger partial charge in [-0.25, -0.2) is 13.6 Å². The summed E-state index contributed by atoms with van der Waals surface area (Å²) in [5, 5.41) is 5.17. The maximum atomic E-state index is 12.2. The summed E-state index contributed by atoms with van der Waals surface area (Å²) in [6.07, 6.45) is 2.96. The van der Waals surface area contributed by atoms with Crippen molar-refractivity contribution in [2.45, 2.75) is 11.3 Å². The molecular formula is C18H19NO5S.